The molecule has 1 aromatic carbocycles. The van der Waals surface area contributed by atoms with Gasteiger partial charge in [0.05, 0.1) is 0 Å². The Morgan fingerprint density at radius 3 is 1.78 bits per heavy atom. The van der Waals surface area contributed by atoms with Crippen molar-refractivity contribution < 1.29 is 14.0 Å². The Labute approximate surface area is 109 Å². The second kappa shape index (κ2) is 4.56. The van der Waals surface area contributed by atoms with E-state index in [0.717, 1.165) is 5.56 Å². The average molecular weight is 274 g/mol. The van der Waals surface area contributed by atoms with Crippen LogP contribution in [0.3, 0.4) is 0 Å². The summed E-state index contributed by atoms with van der Waals surface area (Å²) >= 11 is 0. The van der Waals surface area contributed by atoms with Crippen molar-refractivity contribution in [1.29, 1.82) is 0 Å². The van der Waals surface area contributed by atoms with E-state index in [1.54, 1.807) is 6.07 Å². The van der Waals surface area contributed by atoms with E-state index in [1.807, 2.05) is 26.8 Å². The van der Waals surface area contributed by atoms with Crippen molar-refractivity contribution in [3.8, 4) is 0 Å². The van der Waals surface area contributed by atoms with Crippen LogP contribution in [-0.2, 0) is 10.8 Å². The standard InChI is InChI=1S/C14H24FO2P/c1-13(2,3)10-7-8-12(18(15,16)17)11(9-10)14(4,5)6/h7-9,16-18H,1-6H3. The van der Waals surface area contributed by atoms with Crippen LogP contribution in [0, 0.1) is 0 Å². The van der Waals surface area contributed by atoms with Crippen LogP contribution in [0.2, 0.25) is 0 Å². The molecule has 0 saturated heterocycles. The number of hydrogen-bond acceptors (Lipinski definition) is 2. The molecule has 0 aliphatic heterocycles. The van der Waals surface area contributed by atoms with E-state index < -0.39 is 8.03 Å². The van der Waals surface area contributed by atoms with Crippen molar-refractivity contribution in [2.45, 2.75) is 52.4 Å². The Morgan fingerprint density at radius 1 is 0.944 bits per heavy atom. The quantitative estimate of drug-likeness (QED) is 0.771. The summed E-state index contributed by atoms with van der Waals surface area (Å²) < 4.78 is 13.6. The third kappa shape index (κ3) is 3.50. The number of hydrogen-bond donors (Lipinski definition) is 2. The van der Waals surface area contributed by atoms with Crippen molar-refractivity contribution in [3.63, 3.8) is 0 Å². The molecule has 0 aliphatic rings. The van der Waals surface area contributed by atoms with E-state index in [-0.39, 0.29) is 16.1 Å². The number of rotatable bonds is 1. The maximum absolute atomic E-state index is 13.6. The molecule has 2 nitrogen and oxygen atoms in total. The van der Waals surface area contributed by atoms with Crippen LogP contribution in [0.5, 0.6) is 0 Å². The van der Waals surface area contributed by atoms with Crippen LogP contribution in [-0.4, -0.2) is 9.79 Å². The second-order valence-electron chi connectivity index (χ2n) is 6.85. The van der Waals surface area contributed by atoms with Crippen LogP contribution in [0.15, 0.2) is 18.2 Å². The van der Waals surface area contributed by atoms with Gasteiger partial charge in [-0.3, -0.25) is 0 Å². The molecule has 0 aliphatic carbocycles. The zero-order valence-corrected chi connectivity index (χ0v) is 13.0. The Morgan fingerprint density at radius 2 is 1.44 bits per heavy atom. The van der Waals surface area contributed by atoms with Gasteiger partial charge < -0.3 is 0 Å². The van der Waals surface area contributed by atoms with Crippen molar-refractivity contribution >= 4 is 13.3 Å². The summed E-state index contributed by atoms with van der Waals surface area (Å²) in [6.07, 6.45) is 0. The molecule has 0 spiro atoms. The van der Waals surface area contributed by atoms with E-state index in [1.165, 1.54) is 6.07 Å². The molecule has 2 N–H and O–H groups in total. The van der Waals surface area contributed by atoms with Crippen molar-refractivity contribution in [2.75, 3.05) is 0 Å². The number of benzene rings is 1. The Bertz CT molecular complexity index is 437. The molecule has 0 fully saturated rings. The van der Waals surface area contributed by atoms with E-state index in [0.29, 0.717) is 5.56 Å². The summed E-state index contributed by atoms with van der Waals surface area (Å²) in [6.45, 7) is 12.1. The molecule has 0 heterocycles. The minimum atomic E-state index is -4.77. The molecular formula is C14H24FO2P. The second-order valence-corrected chi connectivity index (χ2v) is 8.56. The first-order chi connectivity index (χ1) is 7.83. The molecule has 18 heavy (non-hydrogen) atoms. The Hall–Kier alpha value is -0.500. The predicted molar refractivity (Wildman–Crippen MR) is 77.3 cm³/mol. The van der Waals surface area contributed by atoms with Gasteiger partial charge in [0.15, 0.2) is 0 Å². The normalized spacial score (nSPS) is 14.7. The molecule has 4 heteroatoms. The maximum atomic E-state index is 13.6. The summed E-state index contributed by atoms with van der Waals surface area (Å²) in [5, 5.41) is 0.0583. The Kier molecular flexibility index (Phi) is 3.94. The van der Waals surface area contributed by atoms with Crippen molar-refractivity contribution in [1.82, 2.24) is 0 Å². The molecule has 0 amide bonds. The molecule has 0 bridgehead atoms. The summed E-state index contributed by atoms with van der Waals surface area (Å²) in [5.41, 5.74) is 1.36. The van der Waals surface area contributed by atoms with Gasteiger partial charge in [0.1, 0.15) is 0 Å². The molecule has 0 radical (unpaired) electrons. The minimum absolute atomic E-state index is 0.0516. The molecule has 104 valence electrons. The van der Waals surface area contributed by atoms with Crippen LogP contribution in [0.25, 0.3) is 0 Å². The zero-order chi connectivity index (χ0) is 14.4. The van der Waals surface area contributed by atoms with Gasteiger partial charge in [-0.25, -0.2) is 0 Å². The summed E-state index contributed by atoms with van der Waals surface area (Å²) in [5.74, 6) is 0. The molecule has 0 aromatic heterocycles. The van der Waals surface area contributed by atoms with Gasteiger partial charge in [0.2, 0.25) is 0 Å². The first-order valence-corrected chi connectivity index (χ1v) is 7.90. The fraction of sp³-hybridized carbons (Fsp3) is 0.571. The fourth-order valence-electron chi connectivity index (χ4n) is 1.91. The zero-order valence-electron chi connectivity index (χ0n) is 12.0. The van der Waals surface area contributed by atoms with E-state index in [4.69, 9.17) is 0 Å². The van der Waals surface area contributed by atoms with Crippen LogP contribution >= 0.6 is 8.03 Å². The van der Waals surface area contributed by atoms with E-state index >= 15 is 0 Å². The third-order valence-corrected chi connectivity index (χ3v) is 4.16. The van der Waals surface area contributed by atoms with Gasteiger partial charge >= 0.3 is 109 Å². The molecule has 0 saturated carbocycles. The van der Waals surface area contributed by atoms with Gasteiger partial charge in [-0.05, 0) is 0 Å². The topological polar surface area (TPSA) is 40.5 Å². The van der Waals surface area contributed by atoms with Gasteiger partial charge in [-0.2, -0.15) is 0 Å². The Balaban J connectivity index is 3.50. The molecule has 1 rings (SSSR count). The van der Waals surface area contributed by atoms with E-state index in [9.17, 15) is 14.0 Å². The summed E-state index contributed by atoms with van der Waals surface area (Å²) in [6, 6.07) is 5.19. The first-order valence-electron chi connectivity index (χ1n) is 6.12. The van der Waals surface area contributed by atoms with Gasteiger partial charge in [0.25, 0.3) is 0 Å². The monoisotopic (exact) mass is 274 g/mol. The molecule has 0 unspecified atom stereocenters. The van der Waals surface area contributed by atoms with Gasteiger partial charge in [-0.15, -0.1) is 0 Å². The SMILES string of the molecule is CC(C)(C)c1ccc([PH](O)(O)F)c(C(C)(C)C)c1. The van der Waals surface area contributed by atoms with E-state index in [2.05, 4.69) is 20.8 Å². The predicted octanol–water partition coefficient (Wildman–Crippen LogP) is 3.36. The first kappa shape index (κ1) is 15.6. The van der Waals surface area contributed by atoms with Crippen LogP contribution in [0.4, 0.5) is 4.20 Å². The van der Waals surface area contributed by atoms with Crippen molar-refractivity contribution in [2.24, 2.45) is 0 Å². The molecular weight excluding hydrogens is 250 g/mol. The average Bonchev–Trinajstić information content (AvgIpc) is 2.12. The van der Waals surface area contributed by atoms with Gasteiger partial charge in [-0.1, -0.05) is 0 Å². The van der Waals surface area contributed by atoms with Crippen LogP contribution < -0.4 is 5.30 Å². The van der Waals surface area contributed by atoms with Gasteiger partial charge in [0, 0.05) is 0 Å². The summed E-state index contributed by atoms with van der Waals surface area (Å²) in [7, 11) is -4.77. The van der Waals surface area contributed by atoms with Crippen molar-refractivity contribution in [3.05, 3.63) is 29.3 Å². The molecule has 0 atom stereocenters. The number of halogens is 1. The summed E-state index contributed by atoms with van der Waals surface area (Å²) in [4.78, 5) is 18.7. The molecule has 1 aromatic rings. The fourth-order valence-corrected chi connectivity index (χ4v) is 2.99. The third-order valence-electron chi connectivity index (χ3n) is 3.04. The van der Waals surface area contributed by atoms with Crippen LogP contribution in [0.1, 0.15) is 52.7 Å².